The number of esters is 1. The van der Waals surface area contributed by atoms with Crippen molar-refractivity contribution in [2.45, 2.75) is 6.92 Å². The maximum Gasteiger partial charge on any atom is 0.343 e. The van der Waals surface area contributed by atoms with Crippen LogP contribution in [0.4, 0.5) is 4.39 Å². The molecule has 1 rings (SSSR count). The Kier molecular flexibility index (Phi) is 7.68. The quantitative estimate of drug-likeness (QED) is 0.183. The Morgan fingerprint density at radius 2 is 1.86 bits per heavy atom. The fourth-order valence-electron chi connectivity index (χ4n) is 1.50. The fraction of sp³-hybridized carbons (Fsp3) is 0.308. The molecule has 0 saturated heterocycles. The molecule has 22 heavy (non-hydrogen) atoms. The minimum Gasteiger partial charge on any atom is -0.462 e. The normalized spacial score (nSPS) is 10.3. The molecule has 0 atom stereocenters. The number of aromatic nitrogens is 1. The molecular formula is C13H12Cl2FNO3S2. The maximum absolute atomic E-state index is 13.5. The van der Waals surface area contributed by atoms with Crippen molar-refractivity contribution < 1.29 is 18.7 Å². The molecule has 0 aliphatic rings. The zero-order valence-electron chi connectivity index (χ0n) is 11.9. The van der Waals surface area contributed by atoms with Crippen molar-refractivity contribution in [1.82, 2.24) is 4.98 Å². The third kappa shape index (κ3) is 4.38. The van der Waals surface area contributed by atoms with Crippen LogP contribution in [0.5, 0.6) is 0 Å². The summed E-state index contributed by atoms with van der Waals surface area (Å²) in [5.41, 5.74) is -0.445. The van der Waals surface area contributed by atoms with Gasteiger partial charge in [-0.25, -0.2) is 14.2 Å². The smallest absolute Gasteiger partial charge is 0.343 e. The van der Waals surface area contributed by atoms with Gasteiger partial charge in [0.25, 0.3) is 0 Å². The van der Waals surface area contributed by atoms with Crippen LogP contribution in [0.25, 0.3) is 0 Å². The van der Waals surface area contributed by atoms with E-state index in [1.54, 1.807) is 19.4 Å². The maximum atomic E-state index is 13.5. The lowest BCUT2D eigenvalue weighted by molar-refractivity contribution is -0.138. The lowest BCUT2D eigenvalue weighted by atomic mass is 10.1. The number of carbonyl (C=O) groups is 2. The lowest BCUT2D eigenvalue weighted by Crippen LogP contribution is -2.18. The molecular weight excluding hydrogens is 372 g/mol. The number of ether oxygens (including phenoxy) is 1. The van der Waals surface area contributed by atoms with Crippen molar-refractivity contribution in [3.05, 3.63) is 37.6 Å². The summed E-state index contributed by atoms with van der Waals surface area (Å²) < 4.78 is 18.9. The molecule has 0 spiro atoms. The van der Waals surface area contributed by atoms with Crippen LogP contribution in [-0.2, 0) is 9.53 Å². The Hall–Kier alpha value is -0.760. The molecule has 0 aliphatic heterocycles. The summed E-state index contributed by atoms with van der Waals surface area (Å²) >= 11 is 13.8. The summed E-state index contributed by atoms with van der Waals surface area (Å²) in [4.78, 5) is 28.2. The predicted molar refractivity (Wildman–Crippen MR) is 89.2 cm³/mol. The molecule has 0 fully saturated rings. The van der Waals surface area contributed by atoms with Gasteiger partial charge in [-0.2, -0.15) is 0 Å². The Morgan fingerprint density at radius 1 is 1.27 bits per heavy atom. The van der Waals surface area contributed by atoms with E-state index in [0.29, 0.717) is 4.24 Å². The van der Waals surface area contributed by atoms with Crippen LogP contribution in [-0.4, -0.2) is 35.9 Å². The van der Waals surface area contributed by atoms with E-state index in [1.807, 2.05) is 0 Å². The molecule has 0 radical (unpaired) electrons. The van der Waals surface area contributed by atoms with Gasteiger partial charge in [-0.3, -0.25) is 4.79 Å². The molecule has 120 valence electrons. The van der Waals surface area contributed by atoms with Crippen molar-refractivity contribution >= 4 is 58.5 Å². The molecule has 1 heterocycles. The average molecular weight is 384 g/mol. The summed E-state index contributed by atoms with van der Waals surface area (Å²) in [5.74, 6) is -2.45. The Balaban J connectivity index is 3.44. The molecule has 1 aromatic heterocycles. The van der Waals surface area contributed by atoms with Gasteiger partial charge in [-0.1, -0.05) is 23.2 Å². The molecule has 1 aromatic rings. The molecule has 9 heteroatoms. The van der Waals surface area contributed by atoms with Gasteiger partial charge in [0.2, 0.25) is 5.78 Å². The molecule has 0 aliphatic carbocycles. The van der Waals surface area contributed by atoms with Crippen molar-refractivity contribution in [2.75, 3.05) is 19.1 Å². The molecule has 0 N–H and O–H groups in total. The monoisotopic (exact) mass is 383 g/mol. The van der Waals surface area contributed by atoms with Gasteiger partial charge >= 0.3 is 5.97 Å². The van der Waals surface area contributed by atoms with E-state index in [-0.39, 0.29) is 22.9 Å². The van der Waals surface area contributed by atoms with Crippen molar-refractivity contribution in [1.29, 1.82) is 0 Å². The number of thioether (sulfide) groups is 2. The van der Waals surface area contributed by atoms with Crippen molar-refractivity contribution in [3.8, 4) is 0 Å². The molecule has 0 amide bonds. The highest BCUT2D eigenvalue weighted by molar-refractivity contribution is 8.21. The second-order valence-corrected chi connectivity index (χ2v) is 6.33. The van der Waals surface area contributed by atoms with Gasteiger partial charge < -0.3 is 4.74 Å². The van der Waals surface area contributed by atoms with E-state index in [4.69, 9.17) is 27.9 Å². The molecule has 0 bridgehead atoms. The number of ketones is 1. The molecule has 4 nitrogen and oxygen atoms in total. The number of halogens is 3. The second-order valence-electron chi connectivity index (χ2n) is 3.72. The molecule has 0 saturated carbocycles. The SMILES string of the molecule is CCOC(=O)C(C(=O)c1cc(F)c(Cl)nc1Cl)=C(SC)SC. The Labute approximate surface area is 145 Å². The van der Waals surface area contributed by atoms with Crippen LogP contribution in [0.15, 0.2) is 15.9 Å². The first kappa shape index (κ1) is 19.3. The van der Waals surface area contributed by atoms with Gasteiger partial charge in [-0.05, 0) is 25.5 Å². The third-order valence-electron chi connectivity index (χ3n) is 2.41. The number of Topliss-reactive ketones (excluding diaryl/α,β-unsaturated/α-hetero) is 1. The van der Waals surface area contributed by atoms with Crippen molar-refractivity contribution in [2.24, 2.45) is 0 Å². The molecule has 0 aromatic carbocycles. The van der Waals surface area contributed by atoms with E-state index in [0.717, 1.165) is 6.07 Å². The van der Waals surface area contributed by atoms with E-state index >= 15 is 0 Å². The van der Waals surface area contributed by atoms with Crippen molar-refractivity contribution in [3.63, 3.8) is 0 Å². The predicted octanol–water partition coefficient (Wildman–Crippen LogP) is 4.21. The number of nitrogens with zero attached hydrogens (tertiary/aromatic N) is 1. The van der Waals surface area contributed by atoms with E-state index in [9.17, 15) is 14.0 Å². The van der Waals surface area contributed by atoms with Gasteiger partial charge in [0.1, 0.15) is 10.7 Å². The highest BCUT2D eigenvalue weighted by Crippen LogP contribution is 2.32. The van der Waals surface area contributed by atoms with Gasteiger partial charge in [0, 0.05) is 0 Å². The number of rotatable bonds is 6. The van der Waals surface area contributed by atoms with E-state index in [1.165, 1.54) is 23.5 Å². The highest BCUT2D eigenvalue weighted by Gasteiger charge is 2.28. The fourth-order valence-corrected chi connectivity index (χ4v) is 3.33. The first-order valence-corrected chi connectivity index (χ1v) is 9.13. The minimum atomic E-state index is -0.896. The van der Waals surface area contributed by atoms with Gasteiger partial charge in [0.15, 0.2) is 11.0 Å². The summed E-state index contributed by atoms with van der Waals surface area (Å²) in [5, 5.41) is -0.724. The van der Waals surface area contributed by atoms with E-state index in [2.05, 4.69) is 4.98 Å². The summed E-state index contributed by atoms with van der Waals surface area (Å²) in [6.07, 6.45) is 3.42. The Morgan fingerprint density at radius 3 is 2.36 bits per heavy atom. The van der Waals surface area contributed by atoms with Crippen LogP contribution in [0, 0.1) is 5.82 Å². The highest BCUT2D eigenvalue weighted by atomic mass is 35.5. The largest absolute Gasteiger partial charge is 0.462 e. The first-order valence-electron chi connectivity index (χ1n) is 5.92. The van der Waals surface area contributed by atoms with Crippen LogP contribution in [0.1, 0.15) is 17.3 Å². The Bertz CT molecular complexity index is 632. The summed E-state index contributed by atoms with van der Waals surface area (Å²) in [6.45, 7) is 1.72. The van der Waals surface area contributed by atoms with Crippen LogP contribution in [0.3, 0.4) is 0 Å². The van der Waals surface area contributed by atoms with Crippen LogP contribution < -0.4 is 0 Å². The standard InChI is InChI=1S/C13H12Cl2FNO3S2/c1-4-20-12(19)8(13(21-2)22-3)9(18)6-5-7(16)11(15)17-10(6)14/h5H,4H2,1-3H3. The average Bonchev–Trinajstić information content (AvgIpc) is 2.47. The van der Waals surface area contributed by atoms with Crippen LogP contribution >= 0.6 is 46.7 Å². The zero-order chi connectivity index (χ0) is 16.9. The van der Waals surface area contributed by atoms with Gasteiger partial charge in [-0.15, -0.1) is 23.5 Å². The first-order chi connectivity index (χ1) is 10.4. The second kappa shape index (κ2) is 8.76. The van der Waals surface area contributed by atoms with Crippen LogP contribution in [0.2, 0.25) is 10.3 Å². The van der Waals surface area contributed by atoms with Gasteiger partial charge in [0.05, 0.1) is 16.4 Å². The minimum absolute atomic E-state index is 0.104. The summed E-state index contributed by atoms with van der Waals surface area (Å²) in [7, 11) is 0. The third-order valence-corrected chi connectivity index (χ3v) is 5.12. The number of pyridine rings is 1. The molecule has 0 unspecified atom stereocenters. The number of hydrogen-bond donors (Lipinski definition) is 0. The topological polar surface area (TPSA) is 56.3 Å². The number of hydrogen-bond acceptors (Lipinski definition) is 6. The zero-order valence-corrected chi connectivity index (χ0v) is 15.1. The summed E-state index contributed by atoms with van der Waals surface area (Å²) in [6, 6.07) is 0.859. The number of carbonyl (C=O) groups excluding carboxylic acids is 2. The lowest BCUT2D eigenvalue weighted by Gasteiger charge is -2.11. The van der Waals surface area contributed by atoms with E-state index < -0.39 is 22.7 Å².